The summed E-state index contributed by atoms with van der Waals surface area (Å²) in [5.74, 6) is 1.04. The van der Waals surface area contributed by atoms with Crippen molar-refractivity contribution in [3.05, 3.63) is 28.3 Å². The third-order valence-electron chi connectivity index (χ3n) is 3.57. The van der Waals surface area contributed by atoms with Gasteiger partial charge in [0, 0.05) is 5.56 Å². The number of likely N-dealkylation sites (N-methyl/N-ethyl adjacent to an activating group) is 1. The van der Waals surface area contributed by atoms with Gasteiger partial charge in [-0.3, -0.25) is 4.79 Å². The predicted octanol–water partition coefficient (Wildman–Crippen LogP) is 2.80. The van der Waals surface area contributed by atoms with E-state index in [1.165, 1.54) is 0 Å². The van der Waals surface area contributed by atoms with Gasteiger partial charge in [-0.25, -0.2) is 0 Å². The number of rotatable bonds is 5. The van der Waals surface area contributed by atoms with Gasteiger partial charge in [-0.15, -0.1) is 0 Å². The van der Waals surface area contributed by atoms with E-state index in [2.05, 4.69) is 5.32 Å². The molecule has 18 heavy (non-hydrogen) atoms. The number of hydrogen-bond acceptors (Lipinski definition) is 3. The van der Waals surface area contributed by atoms with E-state index in [4.69, 9.17) is 4.74 Å². The zero-order valence-corrected chi connectivity index (χ0v) is 12.2. The Kier molecular flexibility index (Phi) is 4.91. The van der Waals surface area contributed by atoms with Crippen molar-refractivity contribution in [2.45, 2.75) is 40.2 Å². The first-order valence-electron chi connectivity index (χ1n) is 6.34. The lowest BCUT2D eigenvalue weighted by Crippen LogP contribution is -2.33. The molecule has 0 aliphatic carbocycles. The second-order valence-electron chi connectivity index (χ2n) is 4.64. The van der Waals surface area contributed by atoms with Crippen LogP contribution in [0.4, 0.5) is 0 Å². The molecule has 0 fully saturated rings. The summed E-state index contributed by atoms with van der Waals surface area (Å²) >= 11 is 0. The van der Waals surface area contributed by atoms with Crippen molar-refractivity contribution in [1.29, 1.82) is 0 Å². The summed E-state index contributed by atoms with van der Waals surface area (Å²) in [6, 6.07) is 1.82. The fraction of sp³-hybridized carbons (Fsp3) is 0.533. The Labute approximate surface area is 110 Å². The predicted molar refractivity (Wildman–Crippen MR) is 74.7 cm³/mol. The molecule has 3 heteroatoms. The van der Waals surface area contributed by atoms with E-state index in [1.54, 1.807) is 7.11 Å². The third kappa shape index (κ3) is 2.56. The van der Waals surface area contributed by atoms with Crippen molar-refractivity contribution >= 4 is 5.78 Å². The third-order valence-corrected chi connectivity index (χ3v) is 3.57. The molecule has 0 saturated heterocycles. The molecule has 0 amide bonds. The van der Waals surface area contributed by atoms with Crippen LogP contribution in [0.2, 0.25) is 0 Å². The summed E-state index contributed by atoms with van der Waals surface area (Å²) in [7, 11) is 3.49. The number of benzene rings is 1. The van der Waals surface area contributed by atoms with E-state index >= 15 is 0 Å². The topological polar surface area (TPSA) is 38.3 Å². The highest BCUT2D eigenvalue weighted by atomic mass is 16.5. The number of carbonyl (C=O) groups is 1. The molecule has 0 aliphatic rings. The molecule has 1 rings (SSSR count). The van der Waals surface area contributed by atoms with Crippen LogP contribution in [0.5, 0.6) is 5.75 Å². The van der Waals surface area contributed by atoms with Crippen LogP contribution in [0.1, 0.15) is 40.4 Å². The van der Waals surface area contributed by atoms with E-state index in [0.29, 0.717) is 0 Å². The molecule has 0 heterocycles. The molecule has 1 N–H and O–H groups in total. The minimum Gasteiger partial charge on any atom is -0.496 e. The smallest absolute Gasteiger partial charge is 0.179 e. The van der Waals surface area contributed by atoms with Crippen molar-refractivity contribution in [3.63, 3.8) is 0 Å². The number of ketones is 1. The lowest BCUT2D eigenvalue weighted by atomic mass is 9.92. The summed E-state index contributed by atoms with van der Waals surface area (Å²) in [6.45, 7) is 7.96. The minimum absolute atomic E-state index is 0.115. The van der Waals surface area contributed by atoms with Crippen molar-refractivity contribution in [3.8, 4) is 5.75 Å². The van der Waals surface area contributed by atoms with Crippen LogP contribution in [-0.4, -0.2) is 26.0 Å². The second-order valence-corrected chi connectivity index (χ2v) is 4.64. The van der Waals surface area contributed by atoms with Gasteiger partial charge in [0.05, 0.1) is 13.2 Å². The van der Waals surface area contributed by atoms with Crippen LogP contribution in [0.15, 0.2) is 6.07 Å². The van der Waals surface area contributed by atoms with E-state index in [-0.39, 0.29) is 11.8 Å². The maximum absolute atomic E-state index is 12.4. The standard InChI is InChI=1S/C15H23NO2/c1-7-13(16-5)14(17)12-8-9(2)15(18-6)11(4)10(12)3/h8,13,16H,7H2,1-6H3. The summed E-state index contributed by atoms with van der Waals surface area (Å²) < 4.78 is 5.38. The lowest BCUT2D eigenvalue weighted by molar-refractivity contribution is 0.0944. The maximum Gasteiger partial charge on any atom is 0.179 e. The first kappa shape index (κ1) is 14.7. The number of carbonyl (C=O) groups excluding carboxylic acids is 1. The number of methoxy groups -OCH3 is 1. The maximum atomic E-state index is 12.4. The number of aryl methyl sites for hydroxylation is 1. The largest absolute Gasteiger partial charge is 0.496 e. The van der Waals surface area contributed by atoms with Crippen LogP contribution in [0.3, 0.4) is 0 Å². The second kappa shape index (κ2) is 6.01. The molecular formula is C15H23NO2. The van der Waals surface area contributed by atoms with Gasteiger partial charge in [-0.1, -0.05) is 6.92 Å². The van der Waals surface area contributed by atoms with Crippen molar-refractivity contribution in [2.24, 2.45) is 0 Å². The van der Waals surface area contributed by atoms with E-state index in [1.807, 2.05) is 40.8 Å². The van der Waals surface area contributed by atoms with Gasteiger partial charge < -0.3 is 10.1 Å². The lowest BCUT2D eigenvalue weighted by Gasteiger charge is -2.18. The highest BCUT2D eigenvalue weighted by Gasteiger charge is 2.21. The quantitative estimate of drug-likeness (QED) is 0.815. The molecule has 1 unspecified atom stereocenters. The van der Waals surface area contributed by atoms with Crippen LogP contribution in [0.25, 0.3) is 0 Å². The van der Waals surface area contributed by atoms with Gasteiger partial charge in [0.25, 0.3) is 0 Å². The first-order chi connectivity index (χ1) is 8.47. The van der Waals surface area contributed by atoms with E-state index in [9.17, 15) is 4.79 Å². The summed E-state index contributed by atoms with van der Waals surface area (Å²) in [5.41, 5.74) is 3.87. The number of hydrogen-bond donors (Lipinski definition) is 1. The molecule has 0 spiro atoms. The Hall–Kier alpha value is -1.35. The molecule has 1 aromatic carbocycles. The molecule has 3 nitrogen and oxygen atoms in total. The molecular weight excluding hydrogens is 226 g/mol. The molecule has 0 saturated carbocycles. The van der Waals surface area contributed by atoms with Gasteiger partial charge in [0.15, 0.2) is 5.78 Å². The fourth-order valence-electron chi connectivity index (χ4n) is 2.34. The van der Waals surface area contributed by atoms with Gasteiger partial charge in [-0.2, -0.15) is 0 Å². The normalized spacial score (nSPS) is 12.3. The summed E-state index contributed by atoms with van der Waals surface area (Å²) in [4.78, 5) is 12.4. The number of ether oxygens (including phenoxy) is 1. The van der Waals surface area contributed by atoms with Crippen molar-refractivity contribution < 1.29 is 9.53 Å². The van der Waals surface area contributed by atoms with E-state index in [0.717, 1.165) is 34.4 Å². The molecule has 0 aliphatic heterocycles. The SMILES string of the molecule is CCC(NC)C(=O)c1cc(C)c(OC)c(C)c1C. The Morgan fingerprint density at radius 2 is 1.94 bits per heavy atom. The van der Waals surface area contributed by atoms with Gasteiger partial charge in [-0.05, 0) is 57.0 Å². The Bertz CT molecular complexity index is 448. The fourth-order valence-corrected chi connectivity index (χ4v) is 2.34. The molecule has 0 aromatic heterocycles. The first-order valence-corrected chi connectivity index (χ1v) is 6.34. The Balaban J connectivity index is 3.31. The molecule has 1 atom stereocenters. The number of Topliss-reactive ketones (excluding diaryl/α,β-unsaturated/α-hetero) is 1. The Morgan fingerprint density at radius 1 is 1.33 bits per heavy atom. The summed E-state index contributed by atoms with van der Waals surface area (Å²) in [6.07, 6.45) is 0.791. The van der Waals surface area contributed by atoms with Crippen LogP contribution >= 0.6 is 0 Å². The molecule has 0 radical (unpaired) electrons. The average Bonchev–Trinajstić information content (AvgIpc) is 2.35. The number of nitrogens with one attached hydrogen (secondary N) is 1. The van der Waals surface area contributed by atoms with Gasteiger partial charge in [0.2, 0.25) is 0 Å². The highest BCUT2D eigenvalue weighted by molar-refractivity contribution is 6.02. The highest BCUT2D eigenvalue weighted by Crippen LogP contribution is 2.29. The van der Waals surface area contributed by atoms with E-state index < -0.39 is 0 Å². The van der Waals surface area contributed by atoms with Crippen LogP contribution in [-0.2, 0) is 0 Å². The van der Waals surface area contributed by atoms with Gasteiger partial charge >= 0.3 is 0 Å². The van der Waals surface area contributed by atoms with Crippen molar-refractivity contribution in [2.75, 3.05) is 14.2 Å². The van der Waals surface area contributed by atoms with Crippen LogP contribution < -0.4 is 10.1 Å². The molecule has 1 aromatic rings. The van der Waals surface area contributed by atoms with Crippen molar-refractivity contribution in [1.82, 2.24) is 5.32 Å². The molecule has 100 valence electrons. The van der Waals surface area contributed by atoms with Crippen LogP contribution in [0, 0.1) is 20.8 Å². The zero-order valence-electron chi connectivity index (χ0n) is 12.2. The Morgan fingerprint density at radius 3 is 2.39 bits per heavy atom. The zero-order chi connectivity index (χ0) is 13.9. The minimum atomic E-state index is -0.115. The summed E-state index contributed by atoms with van der Waals surface area (Å²) in [5, 5.41) is 3.06. The average molecular weight is 249 g/mol. The monoisotopic (exact) mass is 249 g/mol. The molecule has 0 bridgehead atoms. The van der Waals surface area contributed by atoms with Gasteiger partial charge in [0.1, 0.15) is 5.75 Å².